The van der Waals surface area contributed by atoms with Crippen LogP contribution in [0, 0.1) is 0 Å². The Labute approximate surface area is 81.1 Å². The lowest BCUT2D eigenvalue weighted by Gasteiger charge is -2.39. The highest BCUT2D eigenvalue weighted by Crippen LogP contribution is 2.22. The van der Waals surface area contributed by atoms with Gasteiger partial charge >= 0.3 is 5.97 Å². The molecule has 3 N–H and O–H groups in total. The highest BCUT2D eigenvalue weighted by molar-refractivity contribution is 5.73. The second kappa shape index (κ2) is 4.22. The van der Waals surface area contributed by atoms with Crippen LogP contribution in [0.3, 0.4) is 0 Å². The number of aliphatic hydroxyl groups is 2. The Balaban J connectivity index is 2.77. The van der Waals surface area contributed by atoms with E-state index in [2.05, 4.69) is 0 Å². The van der Waals surface area contributed by atoms with E-state index in [9.17, 15) is 15.0 Å². The summed E-state index contributed by atoms with van der Waals surface area (Å²) in [6.07, 6.45) is -5.38. The van der Waals surface area contributed by atoms with Gasteiger partial charge in [-0.25, -0.2) is 4.79 Å². The zero-order chi connectivity index (χ0) is 10.9. The molecule has 0 aliphatic carbocycles. The van der Waals surface area contributed by atoms with Crippen LogP contribution in [0.4, 0.5) is 0 Å². The summed E-state index contributed by atoms with van der Waals surface area (Å²) in [5, 5.41) is 27.6. The van der Waals surface area contributed by atoms with Gasteiger partial charge in [0.2, 0.25) is 0 Å². The molecule has 1 aliphatic rings. The standard InChI is InChI=1S/C8H14O6/c1-3-6(13-2)4(9)5(10)7(14-3)8(11)12/h3-7,9-10H,1-2H3,(H,11,12)/t3-,4+,5+,6+,7+/m1/s1. The predicted molar refractivity (Wildman–Crippen MR) is 44.8 cm³/mol. The van der Waals surface area contributed by atoms with Gasteiger partial charge in [0.25, 0.3) is 0 Å². The Kier molecular flexibility index (Phi) is 3.43. The summed E-state index contributed by atoms with van der Waals surface area (Å²) in [7, 11) is 1.36. The zero-order valence-corrected chi connectivity index (χ0v) is 7.95. The van der Waals surface area contributed by atoms with E-state index in [1.165, 1.54) is 7.11 Å². The molecule has 0 amide bonds. The van der Waals surface area contributed by atoms with E-state index in [1.807, 2.05) is 0 Å². The number of carboxylic acids is 1. The SMILES string of the molecule is CO[C@@H]1[C@@H](O)[C@H](O)[C@@H](C(=O)O)O[C@@H]1C. The van der Waals surface area contributed by atoms with E-state index in [1.54, 1.807) is 6.92 Å². The molecule has 0 saturated carbocycles. The van der Waals surface area contributed by atoms with E-state index < -0.39 is 36.5 Å². The molecule has 0 spiro atoms. The second-order valence-electron chi connectivity index (χ2n) is 3.28. The third-order valence-corrected chi connectivity index (χ3v) is 2.34. The molecule has 1 heterocycles. The number of aliphatic carboxylic acids is 1. The van der Waals surface area contributed by atoms with Crippen LogP contribution < -0.4 is 0 Å². The first-order valence-electron chi connectivity index (χ1n) is 4.26. The van der Waals surface area contributed by atoms with Crippen molar-refractivity contribution in [2.24, 2.45) is 0 Å². The number of carboxylic acid groups (broad SMARTS) is 1. The number of hydrogen-bond donors (Lipinski definition) is 3. The van der Waals surface area contributed by atoms with Crippen LogP contribution in [0.25, 0.3) is 0 Å². The van der Waals surface area contributed by atoms with Crippen molar-refractivity contribution in [3.05, 3.63) is 0 Å². The van der Waals surface area contributed by atoms with E-state index >= 15 is 0 Å². The van der Waals surface area contributed by atoms with Gasteiger partial charge < -0.3 is 24.8 Å². The highest BCUT2D eigenvalue weighted by Gasteiger charge is 2.45. The lowest BCUT2D eigenvalue weighted by molar-refractivity contribution is -0.229. The quantitative estimate of drug-likeness (QED) is 0.514. The molecule has 0 aromatic heterocycles. The van der Waals surface area contributed by atoms with Crippen LogP contribution in [0.2, 0.25) is 0 Å². The molecule has 0 aromatic rings. The average Bonchev–Trinajstić information content (AvgIpc) is 2.12. The Morgan fingerprint density at radius 2 is 1.93 bits per heavy atom. The number of methoxy groups -OCH3 is 1. The van der Waals surface area contributed by atoms with Crippen LogP contribution in [0.1, 0.15) is 6.92 Å². The average molecular weight is 206 g/mol. The van der Waals surface area contributed by atoms with E-state index in [4.69, 9.17) is 14.6 Å². The minimum atomic E-state index is -1.46. The minimum absolute atomic E-state index is 0.570. The summed E-state index contributed by atoms with van der Waals surface area (Å²) in [5.74, 6) is -1.29. The van der Waals surface area contributed by atoms with Gasteiger partial charge in [-0.15, -0.1) is 0 Å². The van der Waals surface area contributed by atoms with E-state index in [0.29, 0.717) is 0 Å². The molecule has 6 nitrogen and oxygen atoms in total. The normalized spacial score (nSPS) is 43.6. The maximum absolute atomic E-state index is 10.6. The number of aliphatic hydroxyl groups excluding tert-OH is 2. The molecule has 6 heteroatoms. The van der Waals surface area contributed by atoms with Crippen LogP contribution in [-0.4, -0.2) is 58.9 Å². The minimum Gasteiger partial charge on any atom is -0.479 e. The largest absolute Gasteiger partial charge is 0.479 e. The van der Waals surface area contributed by atoms with E-state index in [-0.39, 0.29) is 0 Å². The van der Waals surface area contributed by atoms with Gasteiger partial charge in [0.05, 0.1) is 6.10 Å². The molecule has 0 unspecified atom stereocenters. The number of rotatable bonds is 2. The summed E-state index contributed by atoms with van der Waals surface area (Å²) in [5.41, 5.74) is 0. The Morgan fingerprint density at radius 3 is 2.36 bits per heavy atom. The van der Waals surface area contributed by atoms with Crippen molar-refractivity contribution in [2.45, 2.75) is 37.4 Å². The van der Waals surface area contributed by atoms with Crippen molar-refractivity contribution >= 4 is 5.97 Å². The number of ether oxygens (including phenoxy) is 2. The molecule has 1 fully saturated rings. The fourth-order valence-electron chi connectivity index (χ4n) is 1.58. The summed E-state index contributed by atoms with van der Waals surface area (Å²) >= 11 is 0. The first-order valence-corrected chi connectivity index (χ1v) is 4.26. The maximum Gasteiger partial charge on any atom is 0.335 e. The second-order valence-corrected chi connectivity index (χ2v) is 3.28. The summed E-state index contributed by atoms with van der Waals surface area (Å²) < 4.78 is 9.89. The molecule has 5 atom stereocenters. The van der Waals surface area contributed by atoms with Crippen molar-refractivity contribution in [1.82, 2.24) is 0 Å². The molecule has 14 heavy (non-hydrogen) atoms. The van der Waals surface area contributed by atoms with Crippen LogP contribution in [0.15, 0.2) is 0 Å². The summed E-state index contributed by atoms with van der Waals surface area (Å²) in [4.78, 5) is 10.6. The van der Waals surface area contributed by atoms with Gasteiger partial charge in [0, 0.05) is 7.11 Å². The van der Waals surface area contributed by atoms with Crippen LogP contribution in [-0.2, 0) is 14.3 Å². The fourth-order valence-corrected chi connectivity index (χ4v) is 1.58. The molecular formula is C8H14O6. The van der Waals surface area contributed by atoms with Gasteiger partial charge in [-0.2, -0.15) is 0 Å². The molecule has 0 radical (unpaired) electrons. The molecule has 0 bridgehead atoms. The van der Waals surface area contributed by atoms with Crippen LogP contribution >= 0.6 is 0 Å². The molecule has 0 aromatic carbocycles. The molecule has 1 saturated heterocycles. The summed E-state index contributed by atoms with van der Waals surface area (Å²) in [6.45, 7) is 1.58. The van der Waals surface area contributed by atoms with Crippen molar-refractivity contribution in [2.75, 3.05) is 7.11 Å². The lowest BCUT2D eigenvalue weighted by atomic mass is 9.95. The van der Waals surface area contributed by atoms with Crippen LogP contribution in [0.5, 0.6) is 0 Å². The van der Waals surface area contributed by atoms with E-state index in [0.717, 1.165) is 0 Å². The first kappa shape index (κ1) is 11.4. The third-order valence-electron chi connectivity index (χ3n) is 2.34. The van der Waals surface area contributed by atoms with Gasteiger partial charge in [0.15, 0.2) is 6.10 Å². The third kappa shape index (κ3) is 1.88. The van der Waals surface area contributed by atoms with Crippen molar-refractivity contribution in [3.8, 4) is 0 Å². The van der Waals surface area contributed by atoms with Gasteiger partial charge in [-0.05, 0) is 6.92 Å². The van der Waals surface area contributed by atoms with Crippen molar-refractivity contribution in [3.63, 3.8) is 0 Å². The smallest absolute Gasteiger partial charge is 0.335 e. The Bertz CT molecular complexity index is 218. The molecule has 1 rings (SSSR count). The highest BCUT2D eigenvalue weighted by atomic mass is 16.6. The van der Waals surface area contributed by atoms with Crippen molar-refractivity contribution < 1.29 is 29.6 Å². The van der Waals surface area contributed by atoms with Gasteiger partial charge in [0.1, 0.15) is 18.3 Å². The fraction of sp³-hybridized carbons (Fsp3) is 0.875. The zero-order valence-electron chi connectivity index (χ0n) is 7.95. The topological polar surface area (TPSA) is 96.2 Å². The maximum atomic E-state index is 10.6. The lowest BCUT2D eigenvalue weighted by Crippen LogP contribution is -2.59. The van der Waals surface area contributed by atoms with Crippen molar-refractivity contribution in [1.29, 1.82) is 0 Å². The van der Waals surface area contributed by atoms with Gasteiger partial charge in [-0.3, -0.25) is 0 Å². The monoisotopic (exact) mass is 206 g/mol. The van der Waals surface area contributed by atoms with Gasteiger partial charge in [-0.1, -0.05) is 0 Å². The summed E-state index contributed by atoms with van der Waals surface area (Å²) in [6, 6.07) is 0. The number of hydrogen-bond acceptors (Lipinski definition) is 5. The Morgan fingerprint density at radius 1 is 1.36 bits per heavy atom. The molecule has 1 aliphatic heterocycles. The molecular weight excluding hydrogens is 192 g/mol. The first-order chi connectivity index (χ1) is 6.49. The predicted octanol–water partition coefficient (Wildman–Crippen LogP) is -1.40. The number of carbonyl (C=O) groups is 1. The molecule has 82 valence electrons. The Hall–Kier alpha value is -0.690.